The number of carbonyl (C=O) groups excluding carboxylic acids is 1. The van der Waals surface area contributed by atoms with Crippen LogP contribution in [0, 0.1) is 0 Å². The molecule has 0 saturated heterocycles. The lowest BCUT2D eigenvalue weighted by Crippen LogP contribution is -2.06. The van der Waals surface area contributed by atoms with Gasteiger partial charge in [0.25, 0.3) is 0 Å². The normalized spacial score (nSPS) is 12.4. The summed E-state index contributed by atoms with van der Waals surface area (Å²) in [5, 5.41) is 0. The largest absolute Gasteiger partial charge is 0.463 e. The van der Waals surface area contributed by atoms with Crippen molar-refractivity contribution in [3.8, 4) is 0 Å². The van der Waals surface area contributed by atoms with Gasteiger partial charge < -0.3 is 4.74 Å². The van der Waals surface area contributed by atoms with Crippen molar-refractivity contribution in [2.75, 3.05) is 6.61 Å². The monoisotopic (exact) mass is 220 g/mol. The average molecular weight is 221 g/mol. The zero-order valence-corrected chi connectivity index (χ0v) is 8.69. The quantitative estimate of drug-likeness (QED) is 0.540. The van der Waals surface area contributed by atoms with Crippen LogP contribution in [0.1, 0.15) is 27.2 Å². The summed E-state index contributed by atoms with van der Waals surface area (Å²) in [4.78, 5) is 11.0. The molecule has 0 aromatic carbocycles. The summed E-state index contributed by atoms with van der Waals surface area (Å²) in [5.74, 6) is -0.235. The van der Waals surface area contributed by atoms with E-state index in [2.05, 4.69) is 15.9 Å². The van der Waals surface area contributed by atoms with Crippen LogP contribution in [0.3, 0.4) is 0 Å². The average Bonchev–Trinajstić information content (AvgIpc) is 2.02. The number of allylic oxidation sites excluding steroid dienone is 1. The lowest BCUT2D eigenvalue weighted by atomic mass is 10.2. The first-order valence-corrected chi connectivity index (χ1v) is 4.45. The Bertz CT molecular complexity index is 173. The van der Waals surface area contributed by atoms with Crippen molar-refractivity contribution in [2.45, 2.75) is 27.2 Å². The summed E-state index contributed by atoms with van der Waals surface area (Å²) >= 11 is 3.29. The molecule has 3 heteroatoms. The van der Waals surface area contributed by atoms with Gasteiger partial charge in [0.2, 0.25) is 0 Å². The number of carbonyl (C=O) groups is 1. The van der Waals surface area contributed by atoms with Crippen molar-refractivity contribution in [1.82, 2.24) is 0 Å². The third-order valence-corrected chi connectivity index (χ3v) is 2.45. The topological polar surface area (TPSA) is 26.3 Å². The zero-order valence-electron chi connectivity index (χ0n) is 7.11. The van der Waals surface area contributed by atoms with E-state index >= 15 is 0 Å². The van der Waals surface area contributed by atoms with E-state index < -0.39 is 0 Å². The second kappa shape index (κ2) is 5.35. The molecule has 0 N–H and O–H groups in total. The fraction of sp³-hybridized carbons (Fsp3) is 0.625. The van der Waals surface area contributed by atoms with Gasteiger partial charge in [-0.15, -0.1) is 0 Å². The predicted octanol–water partition coefficient (Wildman–Crippen LogP) is 2.63. The molecule has 0 amide bonds. The molecule has 0 aromatic rings. The summed E-state index contributed by atoms with van der Waals surface area (Å²) in [6.07, 6.45) is 0.824. The van der Waals surface area contributed by atoms with E-state index in [0.29, 0.717) is 12.2 Å². The Kier molecular flexibility index (Phi) is 5.20. The van der Waals surface area contributed by atoms with Gasteiger partial charge in [0.15, 0.2) is 0 Å². The van der Waals surface area contributed by atoms with Gasteiger partial charge in [0, 0.05) is 10.1 Å². The molecule has 0 unspecified atom stereocenters. The zero-order chi connectivity index (χ0) is 8.85. The molecule has 2 nitrogen and oxygen atoms in total. The van der Waals surface area contributed by atoms with Crippen LogP contribution in [0.15, 0.2) is 10.1 Å². The second-order valence-corrected chi connectivity index (χ2v) is 3.06. The summed E-state index contributed by atoms with van der Waals surface area (Å²) in [6, 6.07) is 0. The SMILES string of the molecule is CCOC(=O)C(C)=C(Br)CC. The maximum absolute atomic E-state index is 11.0. The molecule has 0 aromatic heterocycles. The third-order valence-electron chi connectivity index (χ3n) is 1.30. The number of halogens is 1. The Morgan fingerprint density at radius 1 is 1.45 bits per heavy atom. The first-order chi connectivity index (χ1) is 5.13. The second-order valence-electron chi connectivity index (χ2n) is 2.10. The number of hydrogen-bond donors (Lipinski definition) is 0. The standard InChI is InChI=1S/C8H13BrO2/c1-4-7(9)6(3)8(10)11-5-2/h4-5H2,1-3H3. The smallest absolute Gasteiger partial charge is 0.334 e. The molecular weight excluding hydrogens is 208 g/mol. The van der Waals surface area contributed by atoms with Crippen molar-refractivity contribution < 1.29 is 9.53 Å². The highest BCUT2D eigenvalue weighted by molar-refractivity contribution is 9.11. The maximum atomic E-state index is 11.0. The molecule has 64 valence electrons. The van der Waals surface area contributed by atoms with Crippen LogP contribution in [0.2, 0.25) is 0 Å². The molecule has 0 saturated carbocycles. The number of rotatable bonds is 3. The molecule has 0 atom stereocenters. The highest BCUT2D eigenvalue weighted by atomic mass is 79.9. The van der Waals surface area contributed by atoms with Gasteiger partial charge >= 0.3 is 5.97 Å². The minimum absolute atomic E-state index is 0.235. The summed E-state index contributed by atoms with van der Waals surface area (Å²) < 4.78 is 5.71. The minimum Gasteiger partial charge on any atom is -0.463 e. The van der Waals surface area contributed by atoms with Crippen LogP contribution in [-0.2, 0) is 9.53 Å². The van der Waals surface area contributed by atoms with Crippen LogP contribution in [-0.4, -0.2) is 12.6 Å². The van der Waals surface area contributed by atoms with Gasteiger partial charge in [0.05, 0.1) is 6.61 Å². The van der Waals surface area contributed by atoms with Gasteiger partial charge in [-0.25, -0.2) is 4.79 Å². The van der Waals surface area contributed by atoms with E-state index in [1.54, 1.807) is 13.8 Å². The minimum atomic E-state index is -0.235. The van der Waals surface area contributed by atoms with Crippen molar-refractivity contribution in [3.63, 3.8) is 0 Å². The maximum Gasteiger partial charge on any atom is 0.334 e. The molecule has 0 radical (unpaired) electrons. The molecule has 0 aliphatic carbocycles. The number of hydrogen-bond acceptors (Lipinski definition) is 2. The molecule has 0 aliphatic rings. The Labute approximate surface area is 75.7 Å². The van der Waals surface area contributed by atoms with E-state index in [0.717, 1.165) is 10.9 Å². The van der Waals surface area contributed by atoms with Crippen molar-refractivity contribution in [3.05, 3.63) is 10.1 Å². The summed E-state index contributed by atoms with van der Waals surface area (Å²) in [6.45, 7) is 5.96. The molecule has 0 rings (SSSR count). The van der Waals surface area contributed by atoms with E-state index in [1.165, 1.54) is 0 Å². The molecule has 0 heterocycles. The van der Waals surface area contributed by atoms with Gasteiger partial charge in [-0.1, -0.05) is 22.9 Å². The van der Waals surface area contributed by atoms with E-state index in [-0.39, 0.29) is 5.97 Å². The molecule has 11 heavy (non-hydrogen) atoms. The fourth-order valence-electron chi connectivity index (χ4n) is 0.615. The molecule has 0 fully saturated rings. The Hall–Kier alpha value is -0.310. The van der Waals surface area contributed by atoms with Crippen molar-refractivity contribution in [2.24, 2.45) is 0 Å². The van der Waals surface area contributed by atoms with Gasteiger partial charge in [0.1, 0.15) is 0 Å². The lowest BCUT2D eigenvalue weighted by molar-refractivity contribution is -0.138. The molecule has 0 aliphatic heterocycles. The van der Waals surface area contributed by atoms with Crippen LogP contribution in [0.25, 0.3) is 0 Å². The number of ether oxygens (including phenoxy) is 1. The Morgan fingerprint density at radius 2 is 2.00 bits per heavy atom. The van der Waals surface area contributed by atoms with Crippen LogP contribution >= 0.6 is 15.9 Å². The highest BCUT2D eigenvalue weighted by Gasteiger charge is 2.07. The van der Waals surface area contributed by atoms with Gasteiger partial charge in [-0.2, -0.15) is 0 Å². The van der Waals surface area contributed by atoms with Gasteiger partial charge in [-0.05, 0) is 20.3 Å². The molecule has 0 bridgehead atoms. The Morgan fingerprint density at radius 3 is 2.36 bits per heavy atom. The van der Waals surface area contributed by atoms with Crippen LogP contribution in [0.5, 0.6) is 0 Å². The van der Waals surface area contributed by atoms with Crippen molar-refractivity contribution in [1.29, 1.82) is 0 Å². The van der Waals surface area contributed by atoms with E-state index in [4.69, 9.17) is 4.74 Å². The summed E-state index contributed by atoms with van der Waals surface area (Å²) in [5.41, 5.74) is 0.661. The lowest BCUT2D eigenvalue weighted by Gasteiger charge is -2.02. The highest BCUT2D eigenvalue weighted by Crippen LogP contribution is 2.16. The predicted molar refractivity (Wildman–Crippen MR) is 48.6 cm³/mol. The van der Waals surface area contributed by atoms with Crippen LogP contribution in [0.4, 0.5) is 0 Å². The van der Waals surface area contributed by atoms with Crippen molar-refractivity contribution >= 4 is 21.9 Å². The first kappa shape index (κ1) is 10.7. The van der Waals surface area contributed by atoms with E-state index in [1.807, 2.05) is 6.92 Å². The molecule has 0 spiro atoms. The van der Waals surface area contributed by atoms with Crippen LogP contribution < -0.4 is 0 Å². The Balaban J connectivity index is 4.22. The van der Waals surface area contributed by atoms with Gasteiger partial charge in [-0.3, -0.25) is 0 Å². The first-order valence-electron chi connectivity index (χ1n) is 3.65. The molecular formula is C8H13BrO2. The summed E-state index contributed by atoms with van der Waals surface area (Å²) in [7, 11) is 0. The fourth-order valence-corrected chi connectivity index (χ4v) is 0.777. The number of esters is 1. The third kappa shape index (κ3) is 3.56. The van der Waals surface area contributed by atoms with E-state index in [9.17, 15) is 4.79 Å².